The lowest BCUT2D eigenvalue weighted by molar-refractivity contribution is -0.134. The van der Waals surface area contributed by atoms with Crippen LogP contribution in [0.4, 0.5) is 0 Å². The van der Waals surface area contributed by atoms with Crippen molar-refractivity contribution in [1.82, 2.24) is 4.90 Å². The van der Waals surface area contributed by atoms with Crippen molar-refractivity contribution >= 4 is 5.91 Å². The number of nitrogens with zero attached hydrogens (tertiary/aromatic N) is 1. The fourth-order valence-corrected chi connectivity index (χ4v) is 2.28. The summed E-state index contributed by atoms with van der Waals surface area (Å²) in [5, 5.41) is 9.41. The van der Waals surface area contributed by atoms with Crippen molar-refractivity contribution in [2.24, 2.45) is 5.73 Å². The number of hydrogen-bond acceptors (Lipinski definition) is 3. The molecule has 1 fully saturated rings. The fourth-order valence-electron chi connectivity index (χ4n) is 2.28. The van der Waals surface area contributed by atoms with Gasteiger partial charge in [-0.25, -0.2) is 0 Å². The van der Waals surface area contributed by atoms with Gasteiger partial charge in [0.1, 0.15) is 0 Å². The second-order valence-electron chi connectivity index (χ2n) is 4.85. The second kappa shape index (κ2) is 5.98. The molecule has 1 aliphatic heterocycles. The molecule has 0 saturated carbocycles. The highest BCUT2D eigenvalue weighted by Gasteiger charge is 2.25. The Morgan fingerprint density at radius 2 is 1.94 bits per heavy atom. The van der Waals surface area contributed by atoms with Crippen molar-refractivity contribution < 1.29 is 9.90 Å². The van der Waals surface area contributed by atoms with Gasteiger partial charge in [0.05, 0.1) is 12.1 Å². The number of rotatable bonds is 3. The van der Waals surface area contributed by atoms with Gasteiger partial charge in [0.2, 0.25) is 5.91 Å². The van der Waals surface area contributed by atoms with Gasteiger partial charge in [-0.1, -0.05) is 30.3 Å². The third-order valence-electron chi connectivity index (χ3n) is 3.39. The molecule has 1 aromatic carbocycles. The number of carbonyl (C=O) groups is 1. The van der Waals surface area contributed by atoms with Crippen LogP contribution in [-0.2, 0) is 11.2 Å². The van der Waals surface area contributed by atoms with Crippen molar-refractivity contribution in [2.75, 3.05) is 13.1 Å². The van der Waals surface area contributed by atoms with E-state index in [1.54, 1.807) is 4.90 Å². The number of likely N-dealkylation sites (tertiary alicyclic amines) is 1. The molecule has 2 rings (SSSR count). The van der Waals surface area contributed by atoms with E-state index in [9.17, 15) is 9.90 Å². The van der Waals surface area contributed by atoms with Crippen molar-refractivity contribution in [1.29, 1.82) is 0 Å². The second-order valence-corrected chi connectivity index (χ2v) is 4.85. The maximum atomic E-state index is 12.1. The summed E-state index contributed by atoms with van der Waals surface area (Å²) in [6.45, 7) is 1.23. The van der Waals surface area contributed by atoms with Crippen LogP contribution in [0.5, 0.6) is 0 Å². The molecule has 1 aromatic rings. The Balaban J connectivity index is 1.89. The van der Waals surface area contributed by atoms with Crippen molar-refractivity contribution in [2.45, 2.75) is 31.4 Å². The average Bonchev–Trinajstić information content (AvgIpc) is 2.40. The zero-order valence-corrected chi connectivity index (χ0v) is 10.5. The molecule has 1 atom stereocenters. The lowest BCUT2D eigenvalue weighted by Gasteiger charge is -2.31. The first kappa shape index (κ1) is 13.1. The van der Waals surface area contributed by atoms with E-state index >= 15 is 0 Å². The predicted octanol–water partition coefficient (Wildman–Crippen LogP) is 0.540. The normalized spacial score (nSPS) is 18.7. The Bertz CT molecular complexity index is 386. The monoisotopic (exact) mass is 248 g/mol. The Kier molecular flexibility index (Phi) is 4.33. The highest BCUT2D eigenvalue weighted by Crippen LogP contribution is 2.12. The number of carbonyl (C=O) groups excluding carboxylic acids is 1. The third kappa shape index (κ3) is 3.31. The number of hydrogen-bond donors (Lipinski definition) is 2. The number of benzene rings is 1. The van der Waals surface area contributed by atoms with Gasteiger partial charge in [-0.2, -0.15) is 0 Å². The molecule has 1 saturated heterocycles. The van der Waals surface area contributed by atoms with Crippen LogP contribution >= 0.6 is 0 Å². The fraction of sp³-hybridized carbons (Fsp3) is 0.500. The van der Waals surface area contributed by atoms with Gasteiger partial charge in [-0.3, -0.25) is 4.79 Å². The molecule has 4 heteroatoms. The lowest BCUT2D eigenvalue weighted by atomic mass is 10.0. The molecule has 1 aliphatic rings. The predicted molar refractivity (Wildman–Crippen MR) is 69.9 cm³/mol. The van der Waals surface area contributed by atoms with Crippen LogP contribution in [0.2, 0.25) is 0 Å². The molecule has 4 nitrogen and oxygen atoms in total. The number of amides is 1. The molecule has 0 aromatic heterocycles. The molecule has 18 heavy (non-hydrogen) atoms. The summed E-state index contributed by atoms with van der Waals surface area (Å²) in [6.07, 6.45) is 1.62. The molecule has 0 aliphatic carbocycles. The van der Waals surface area contributed by atoms with Crippen LogP contribution in [0.3, 0.4) is 0 Å². The first-order valence-electron chi connectivity index (χ1n) is 6.43. The summed E-state index contributed by atoms with van der Waals surface area (Å²) in [5.41, 5.74) is 7.04. The van der Waals surface area contributed by atoms with E-state index in [4.69, 9.17) is 5.73 Å². The minimum absolute atomic E-state index is 0.00856. The van der Waals surface area contributed by atoms with Crippen LogP contribution in [0.15, 0.2) is 30.3 Å². The third-order valence-corrected chi connectivity index (χ3v) is 3.39. The standard InChI is InChI=1S/C14H20N2O2/c15-13(10-11-4-2-1-3-5-11)14(18)16-8-6-12(17)7-9-16/h1-5,12-13,17H,6-10,15H2/t13-/m1/s1. The van der Waals surface area contributed by atoms with Crippen LogP contribution in [0, 0.1) is 0 Å². The van der Waals surface area contributed by atoms with Gasteiger partial charge in [0.15, 0.2) is 0 Å². The van der Waals surface area contributed by atoms with Crippen molar-refractivity contribution in [3.8, 4) is 0 Å². The molecule has 1 amide bonds. The van der Waals surface area contributed by atoms with Crippen LogP contribution in [-0.4, -0.2) is 41.1 Å². The Morgan fingerprint density at radius 1 is 1.33 bits per heavy atom. The van der Waals surface area contributed by atoms with Crippen molar-refractivity contribution in [3.05, 3.63) is 35.9 Å². The van der Waals surface area contributed by atoms with E-state index in [1.165, 1.54) is 0 Å². The summed E-state index contributed by atoms with van der Waals surface area (Å²) < 4.78 is 0. The topological polar surface area (TPSA) is 66.6 Å². The van der Waals surface area contributed by atoms with E-state index in [1.807, 2.05) is 30.3 Å². The van der Waals surface area contributed by atoms with Gasteiger partial charge < -0.3 is 15.7 Å². The molecule has 98 valence electrons. The van der Waals surface area contributed by atoms with Gasteiger partial charge in [0.25, 0.3) is 0 Å². The van der Waals surface area contributed by atoms with Gasteiger partial charge in [-0.15, -0.1) is 0 Å². The van der Waals surface area contributed by atoms with Crippen molar-refractivity contribution in [3.63, 3.8) is 0 Å². The number of nitrogens with two attached hydrogens (primary N) is 1. The van der Waals surface area contributed by atoms with E-state index in [-0.39, 0.29) is 12.0 Å². The number of aliphatic hydroxyl groups excluding tert-OH is 1. The first-order valence-corrected chi connectivity index (χ1v) is 6.43. The smallest absolute Gasteiger partial charge is 0.239 e. The minimum Gasteiger partial charge on any atom is -0.393 e. The zero-order chi connectivity index (χ0) is 13.0. The maximum Gasteiger partial charge on any atom is 0.239 e. The molecule has 0 unspecified atom stereocenters. The Hall–Kier alpha value is -1.39. The lowest BCUT2D eigenvalue weighted by Crippen LogP contribution is -2.48. The first-order chi connectivity index (χ1) is 8.66. The van der Waals surface area contributed by atoms with E-state index in [0.29, 0.717) is 32.4 Å². The SMILES string of the molecule is N[C@H](Cc1ccccc1)C(=O)N1CCC(O)CC1. The number of piperidine rings is 1. The summed E-state index contributed by atoms with van der Waals surface area (Å²) in [4.78, 5) is 13.9. The van der Waals surface area contributed by atoms with Gasteiger partial charge in [0, 0.05) is 13.1 Å². The molecule has 0 bridgehead atoms. The summed E-state index contributed by atoms with van der Waals surface area (Å²) in [6, 6.07) is 9.32. The minimum atomic E-state index is -0.484. The average molecular weight is 248 g/mol. The quantitative estimate of drug-likeness (QED) is 0.820. The number of aliphatic hydroxyl groups is 1. The molecule has 0 radical (unpaired) electrons. The van der Waals surface area contributed by atoms with Crippen LogP contribution < -0.4 is 5.73 Å². The summed E-state index contributed by atoms with van der Waals surface area (Å²) >= 11 is 0. The van der Waals surface area contributed by atoms with E-state index < -0.39 is 6.04 Å². The molecule has 1 heterocycles. The molecular formula is C14H20N2O2. The maximum absolute atomic E-state index is 12.1. The summed E-state index contributed by atoms with van der Waals surface area (Å²) in [5.74, 6) is -0.00856. The highest BCUT2D eigenvalue weighted by molar-refractivity contribution is 5.82. The molecule has 0 spiro atoms. The van der Waals surface area contributed by atoms with Gasteiger partial charge >= 0.3 is 0 Å². The molecular weight excluding hydrogens is 228 g/mol. The Morgan fingerprint density at radius 3 is 2.56 bits per heavy atom. The van der Waals surface area contributed by atoms with Crippen LogP contribution in [0.1, 0.15) is 18.4 Å². The van der Waals surface area contributed by atoms with Crippen LogP contribution in [0.25, 0.3) is 0 Å². The molecule has 3 N–H and O–H groups in total. The largest absolute Gasteiger partial charge is 0.393 e. The van der Waals surface area contributed by atoms with E-state index in [2.05, 4.69) is 0 Å². The Labute approximate surface area is 107 Å². The summed E-state index contributed by atoms with van der Waals surface area (Å²) in [7, 11) is 0. The van der Waals surface area contributed by atoms with Gasteiger partial charge in [-0.05, 0) is 24.8 Å². The zero-order valence-electron chi connectivity index (χ0n) is 10.5. The van der Waals surface area contributed by atoms with E-state index in [0.717, 1.165) is 5.56 Å². The highest BCUT2D eigenvalue weighted by atomic mass is 16.3.